The summed E-state index contributed by atoms with van der Waals surface area (Å²) in [7, 11) is 1.68. The Morgan fingerprint density at radius 3 is 2.40 bits per heavy atom. The summed E-state index contributed by atoms with van der Waals surface area (Å²) in [6.45, 7) is 3.90. The van der Waals surface area contributed by atoms with Crippen LogP contribution in [0.4, 0.5) is 10.5 Å². The van der Waals surface area contributed by atoms with Gasteiger partial charge in [-0.25, -0.2) is 9.78 Å². The van der Waals surface area contributed by atoms with Gasteiger partial charge in [0.2, 0.25) is 0 Å². The van der Waals surface area contributed by atoms with Crippen molar-refractivity contribution in [2.45, 2.75) is 13.8 Å². The van der Waals surface area contributed by atoms with Crippen molar-refractivity contribution in [3.05, 3.63) is 62.7 Å². The lowest BCUT2D eigenvalue weighted by molar-refractivity contribution is 0.209. The molecule has 0 aliphatic heterocycles. The molecule has 0 fully saturated rings. The topological polar surface area (TPSA) is 42.4 Å². The van der Waals surface area contributed by atoms with Crippen molar-refractivity contribution in [2.24, 2.45) is 0 Å². The Morgan fingerprint density at radius 1 is 1.04 bits per heavy atom. The van der Waals surface area contributed by atoms with Crippen molar-refractivity contribution in [1.82, 2.24) is 4.98 Å². The number of nitrogens with zero attached hydrogens (tertiary/aromatic N) is 2. The summed E-state index contributed by atoms with van der Waals surface area (Å²) in [6, 6.07) is 13.4. The van der Waals surface area contributed by atoms with Gasteiger partial charge in [-0.3, -0.25) is 4.90 Å². The first-order chi connectivity index (χ1) is 11.9. The highest BCUT2D eigenvalue weighted by molar-refractivity contribution is 9.11. The fourth-order valence-electron chi connectivity index (χ4n) is 2.42. The summed E-state index contributed by atoms with van der Waals surface area (Å²) in [5, 5.41) is 0.884. The Kier molecular flexibility index (Phi) is 5.11. The average Bonchev–Trinajstić information content (AvgIpc) is 2.58. The quantitative estimate of drug-likeness (QED) is 0.467. The number of aromatic nitrogens is 1. The van der Waals surface area contributed by atoms with Gasteiger partial charge in [-0.1, -0.05) is 33.6 Å². The fourth-order valence-corrected chi connectivity index (χ4v) is 3.77. The summed E-state index contributed by atoms with van der Waals surface area (Å²) < 4.78 is 7.22. The highest BCUT2D eigenvalue weighted by Crippen LogP contribution is 2.38. The average molecular weight is 464 g/mol. The second-order valence-electron chi connectivity index (χ2n) is 5.78. The van der Waals surface area contributed by atoms with Gasteiger partial charge in [0.1, 0.15) is 5.52 Å². The molecule has 1 heterocycles. The van der Waals surface area contributed by atoms with E-state index in [-0.39, 0.29) is 0 Å². The van der Waals surface area contributed by atoms with Crippen molar-refractivity contribution in [3.63, 3.8) is 0 Å². The van der Waals surface area contributed by atoms with E-state index in [4.69, 9.17) is 4.74 Å². The number of benzene rings is 2. The van der Waals surface area contributed by atoms with Crippen LogP contribution in [0.2, 0.25) is 0 Å². The minimum absolute atomic E-state index is 0.408. The number of fused-ring (bicyclic) bond motifs is 1. The van der Waals surface area contributed by atoms with Crippen molar-refractivity contribution < 1.29 is 9.53 Å². The molecule has 25 heavy (non-hydrogen) atoms. The smallest absolute Gasteiger partial charge is 0.406 e. The molecule has 2 aromatic carbocycles. The van der Waals surface area contributed by atoms with Crippen LogP contribution in [0.3, 0.4) is 0 Å². The van der Waals surface area contributed by atoms with E-state index < -0.39 is 6.09 Å². The fraction of sp³-hybridized carbons (Fsp3) is 0.158. The number of pyridine rings is 1. The van der Waals surface area contributed by atoms with Gasteiger partial charge < -0.3 is 4.74 Å². The molecule has 6 heteroatoms. The van der Waals surface area contributed by atoms with Gasteiger partial charge in [0.05, 0.1) is 4.47 Å². The molecule has 0 saturated carbocycles. The maximum atomic E-state index is 12.6. The van der Waals surface area contributed by atoms with Crippen LogP contribution in [-0.2, 0) is 0 Å². The molecule has 0 bridgehead atoms. The monoisotopic (exact) mass is 462 g/mol. The third-order valence-electron chi connectivity index (χ3n) is 3.86. The number of carbonyl (C=O) groups excluding carboxylic acids is 1. The largest absolute Gasteiger partial charge is 0.419 e. The number of anilines is 1. The van der Waals surface area contributed by atoms with Crippen LogP contribution in [0.5, 0.6) is 5.75 Å². The molecule has 1 aromatic heterocycles. The summed E-state index contributed by atoms with van der Waals surface area (Å²) >= 11 is 6.99. The third kappa shape index (κ3) is 3.70. The van der Waals surface area contributed by atoms with Crippen LogP contribution >= 0.6 is 31.9 Å². The second-order valence-corrected chi connectivity index (χ2v) is 7.49. The van der Waals surface area contributed by atoms with E-state index in [1.165, 1.54) is 4.90 Å². The summed E-state index contributed by atoms with van der Waals surface area (Å²) in [4.78, 5) is 18.6. The molecule has 0 aliphatic carbocycles. The molecule has 0 unspecified atom stereocenters. The van der Waals surface area contributed by atoms with Gasteiger partial charge in [0.15, 0.2) is 5.75 Å². The predicted molar refractivity (Wildman–Crippen MR) is 107 cm³/mol. The summed E-state index contributed by atoms with van der Waals surface area (Å²) in [6.07, 6.45) is -0.475. The number of ether oxygens (including phenoxy) is 1. The Bertz CT molecular complexity index is 956. The Morgan fingerprint density at radius 2 is 1.72 bits per heavy atom. The zero-order chi connectivity index (χ0) is 18.1. The van der Waals surface area contributed by atoms with Gasteiger partial charge in [-0.15, -0.1) is 0 Å². The molecular formula is C19H16Br2N2O2. The van der Waals surface area contributed by atoms with E-state index in [2.05, 4.69) is 36.8 Å². The lowest BCUT2D eigenvalue weighted by Gasteiger charge is -2.18. The van der Waals surface area contributed by atoms with Crippen LogP contribution < -0.4 is 9.64 Å². The molecule has 0 radical (unpaired) electrons. The maximum absolute atomic E-state index is 12.6. The van der Waals surface area contributed by atoms with E-state index in [9.17, 15) is 4.79 Å². The van der Waals surface area contributed by atoms with E-state index in [1.807, 2.05) is 56.3 Å². The van der Waals surface area contributed by atoms with Crippen molar-refractivity contribution in [1.29, 1.82) is 0 Å². The molecule has 0 aliphatic rings. The minimum atomic E-state index is -0.475. The standard InChI is InChI=1S/C19H16Br2N2O2/c1-11-4-7-13(8-5-11)23(3)19(24)25-18-16(21)10-15(20)14-9-6-12(2)22-17(14)18/h4-10H,1-3H3. The second kappa shape index (κ2) is 7.14. The van der Waals surface area contributed by atoms with Gasteiger partial charge >= 0.3 is 6.09 Å². The van der Waals surface area contributed by atoms with Crippen molar-refractivity contribution in [3.8, 4) is 5.75 Å². The zero-order valence-electron chi connectivity index (χ0n) is 14.0. The summed E-state index contributed by atoms with van der Waals surface area (Å²) in [5.41, 5.74) is 3.37. The van der Waals surface area contributed by atoms with Crippen LogP contribution in [0, 0.1) is 13.8 Å². The van der Waals surface area contributed by atoms with Gasteiger partial charge in [-0.05, 0) is 60.1 Å². The number of halogens is 2. The van der Waals surface area contributed by atoms with E-state index in [0.717, 1.165) is 26.8 Å². The first-order valence-electron chi connectivity index (χ1n) is 7.64. The van der Waals surface area contributed by atoms with E-state index >= 15 is 0 Å². The highest BCUT2D eigenvalue weighted by atomic mass is 79.9. The Hall–Kier alpha value is -1.92. The lowest BCUT2D eigenvalue weighted by atomic mass is 10.2. The van der Waals surface area contributed by atoms with Crippen LogP contribution in [0.15, 0.2) is 51.4 Å². The third-order valence-corrected chi connectivity index (χ3v) is 5.11. The van der Waals surface area contributed by atoms with Crippen LogP contribution in [-0.4, -0.2) is 18.1 Å². The van der Waals surface area contributed by atoms with E-state index in [1.54, 1.807) is 7.05 Å². The molecule has 0 saturated heterocycles. The van der Waals surface area contributed by atoms with Crippen molar-refractivity contribution >= 4 is 54.5 Å². The molecule has 3 aromatic rings. The van der Waals surface area contributed by atoms with Gasteiger partial charge in [0.25, 0.3) is 0 Å². The minimum Gasteiger partial charge on any atom is -0.406 e. The first kappa shape index (κ1) is 17.9. The number of amides is 1. The number of carbonyl (C=O) groups is 1. The summed E-state index contributed by atoms with van der Waals surface area (Å²) in [5.74, 6) is 0.408. The Balaban J connectivity index is 1.98. The molecule has 0 N–H and O–H groups in total. The van der Waals surface area contributed by atoms with Gasteiger partial charge in [-0.2, -0.15) is 0 Å². The highest BCUT2D eigenvalue weighted by Gasteiger charge is 2.19. The molecule has 1 amide bonds. The zero-order valence-corrected chi connectivity index (χ0v) is 17.2. The predicted octanol–water partition coefficient (Wildman–Crippen LogP) is 6.01. The normalized spacial score (nSPS) is 10.8. The molecule has 0 atom stereocenters. The van der Waals surface area contributed by atoms with Crippen LogP contribution in [0.1, 0.15) is 11.3 Å². The number of aryl methyl sites for hydroxylation is 2. The number of hydrogen-bond acceptors (Lipinski definition) is 3. The first-order valence-corrected chi connectivity index (χ1v) is 9.23. The molecule has 128 valence electrons. The van der Waals surface area contributed by atoms with Gasteiger partial charge in [0, 0.05) is 28.3 Å². The molecular weight excluding hydrogens is 448 g/mol. The number of rotatable bonds is 2. The SMILES string of the molecule is Cc1ccc(N(C)C(=O)Oc2c(Br)cc(Br)c3ccc(C)nc23)cc1. The van der Waals surface area contributed by atoms with Crippen LogP contribution in [0.25, 0.3) is 10.9 Å². The number of hydrogen-bond donors (Lipinski definition) is 0. The molecule has 3 rings (SSSR count). The lowest BCUT2D eigenvalue weighted by Crippen LogP contribution is -2.29. The molecule has 4 nitrogen and oxygen atoms in total. The van der Waals surface area contributed by atoms with Crippen molar-refractivity contribution in [2.75, 3.05) is 11.9 Å². The maximum Gasteiger partial charge on any atom is 0.419 e. The Labute approximate surface area is 163 Å². The molecule has 0 spiro atoms. The van der Waals surface area contributed by atoms with E-state index in [0.29, 0.717) is 15.7 Å².